The molecule has 1 aromatic carbocycles. The van der Waals surface area contributed by atoms with Gasteiger partial charge in [-0.3, -0.25) is 9.48 Å². The van der Waals surface area contributed by atoms with E-state index in [0.717, 1.165) is 26.9 Å². The number of benzene rings is 1. The molecule has 0 fully saturated rings. The van der Waals surface area contributed by atoms with Gasteiger partial charge in [-0.25, -0.2) is 0 Å². The van der Waals surface area contributed by atoms with Gasteiger partial charge in [-0.1, -0.05) is 22.0 Å². The first-order chi connectivity index (χ1) is 11.5. The Morgan fingerprint density at radius 1 is 1.29 bits per heavy atom. The molecule has 0 unspecified atom stereocenters. The van der Waals surface area contributed by atoms with Crippen LogP contribution in [0.4, 0.5) is 0 Å². The highest BCUT2D eigenvalue weighted by molar-refractivity contribution is 9.10. The van der Waals surface area contributed by atoms with Crippen molar-refractivity contribution in [3.63, 3.8) is 0 Å². The average Bonchev–Trinajstić information content (AvgIpc) is 3.04. The Kier molecular flexibility index (Phi) is 4.76. The maximum absolute atomic E-state index is 12.2. The van der Waals surface area contributed by atoms with Crippen LogP contribution < -0.4 is 5.32 Å². The number of amides is 1. The first-order valence-corrected chi connectivity index (χ1v) is 8.75. The lowest BCUT2D eigenvalue weighted by molar-refractivity contribution is -0.121. The summed E-state index contributed by atoms with van der Waals surface area (Å²) >= 11 is 3.50. The molecular weight excluding hydrogens is 368 g/mol. The van der Waals surface area contributed by atoms with E-state index < -0.39 is 0 Å². The highest BCUT2D eigenvalue weighted by atomic mass is 79.9. The second-order valence-electron chi connectivity index (χ2n) is 6.01. The van der Waals surface area contributed by atoms with Gasteiger partial charge in [0, 0.05) is 54.0 Å². The number of nitrogens with one attached hydrogen (secondary N) is 1. The molecule has 0 spiro atoms. The predicted molar refractivity (Wildman–Crippen MR) is 98.8 cm³/mol. The lowest BCUT2D eigenvalue weighted by atomic mass is 10.2. The van der Waals surface area contributed by atoms with Crippen molar-refractivity contribution < 1.29 is 4.79 Å². The van der Waals surface area contributed by atoms with Crippen LogP contribution in [0.5, 0.6) is 0 Å². The second-order valence-corrected chi connectivity index (χ2v) is 6.93. The molecule has 0 atom stereocenters. The summed E-state index contributed by atoms with van der Waals surface area (Å²) in [5.41, 5.74) is 4.29. The third kappa shape index (κ3) is 3.38. The van der Waals surface area contributed by atoms with Gasteiger partial charge in [-0.05, 0) is 37.4 Å². The minimum absolute atomic E-state index is 0.0505. The van der Waals surface area contributed by atoms with Gasteiger partial charge in [0.15, 0.2) is 0 Å². The molecule has 0 aliphatic carbocycles. The van der Waals surface area contributed by atoms with Gasteiger partial charge in [-0.2, -0.15) is 5.10 Å². The number of carbonyl (C=O) groups excluding carboxylic acids is 1. The van der Waals surface area contributed by atoms with Gasteiger partial charge in [0.1, 0.15) is 0 Å². The summed E-state index contributed by atoms with van der Waals surface area (Å²) in [5, 5.41) is 8.56. The zero-order valence-corrected chi connectivity index (χ0v) is 15.7. The van der Waals surface area contributed by atoms with Crippen molar-refractivity contribution in [3.05, 3.63) is 51.9 Å². The smallest absolute Gasteiger partial charge is 0.222 e. The fraction of sp³-hybridized carbons (Fsp3) is 0.333. The van der Waals surface area contributed by atoms with Gasteiger partial charge in [0.2, 0.25) is 5.91 Å². The molecule has 2 heterocycles. The van der Waals surface area contributed by atoms with Crippen molar-refractivity contribution in [1.29, 1.82) is 0 Å². The van der Waals surface area contributed by atoms with Crippen molar-refractivity contribution in [2.45, 2.75) is 33.4 Å². The normalized spacial score (nSPS) is 11.2. The van der Waals surface area contributed by atoms with Crippen LogP contribution in [0, 0.1) is 13.8 Å². The van der Waals surface area contributed by atoms with Crippen LogP contribution in [0.1, 0.15) is 23.4 Å². The van der Waals surface area contributed by atoms with Crippen LogP contribution in [0.15, 0.2) is 34.9 Å². The van der Waals surface area contributed by atoms with E-state index in [2.05, 4.69) is 49.1 Å². The number of aryl methyl sites for hydroxylation is 3. The Bertz CT molecular complexity index is 894. The highest BCUT2D eigenvalue weighted by Crippen LogP contribution is 2.21. The number of carbonyl (C=O) groups is 1. The number of hydrogen-bond acceptors (Lipinski definition) is 2. The number of fused-ring (bicyclic) bond motifs is 1. The molecule has 0 saturated heterocycles. The van der Waals surface area contributed by atoms with E-state index in [-0.39, 0.29) is 5.91 Å². The van der Waals surface area contributed by atoms with E-state index in [0.29, 0.717) is 19.5 Å². The molecular formula is C18H21BrN4O. The van der Waals surface area contributed by atoms with Crippen LogP contribution in [0.25, 0.3) is 10.9 Å². The van der Waals surface area contributed by atoms with E-state index >= 15 is 0 Å². The fourth-order valence-electron chi connectivity index (χ4n) is 2.92. The first kappa shape index (κ1) is 16.8. The fourth-order valence-corrected chi connectivity index (χ4v) is 3.27. The van der Waals surface area contributed by atoms with Crippen molar-refractivity contribution in [1.82, 2.24) is 19.7 Å². The second kappa shape index (κ2) is 6.81. The molecule has 24 heavy (non-hydrogen) atoms. The minimum atomic E-state index is 0.0505. The lowest BCUT2D eigenvalue weighted by Gasteiger charge is -2.08. The van der Waals surface area contributed by atoms with Crippen LogP contribution in [0.3, 0.4) is 0 Å². The molecule has 2 aromatic heterocycles. The van der Waals surface area contributed by atoms with Gasteiger partial charge < -0.3 is 9.88 Å². The molecule has 0 saturated carbocycles. The zero-order chi connectivity index (χ0) is 17.3. The number of hydrogen-bond donors (Lipinski definition) is 1. The predicted octanol–water partition coefficient (Wildman–Crippen LogP) is 3.46. The first-order valence-electron chi connectivity index (χ1n) is 7.96. The van der Waals surface area contributed by atoms with E-state index in [9.17, 15) is 4.79 Å². The molecule has 0 aliphatic rings. The monoisotopic (exact) mass is 388 g/mol. The van der Waals surface area contributed by atoms with E-state index in [1.807, 2.05) is 37.8 Å². The molecule has 0 aliphatic heterocycles. The minimum Gasteiger partial charge on any atom is -0.352 e. The maximum Gasteiger partial charge on any atom is 0.222 e. The van der Waals surface area contributed by atoms with E-state index in [1.54, 1.807) is 0 Å². The summed E-state index contributed by atoms with van der Waals surface area (Å²) < 4.78 is 5.00. The molecule has 126 valence electrons. The lowest BCUT2D eigenvalue weighted by Crippen LogP contribution is -2.24. The molecule has 5 nitrogen and oxygen atoms in total. The van der Waals surface area contributed by atoms with Crippen molar-refractivity contribution in [2.24, 2.45) is 7.05 Å². The van der Waals surface area contributed by atoms with E-state index in [4.69, 9.17) is 0 Å². The van der Waals surface area contributed by atoms with Crippen LogP contribution in [0.2, 0.25) is 0 Å². The molecule has 1 N–H and O–H groups in total. The zero-order valence-electron chi connectivity index (χ0n) is 14.1. The number of aromatic nitrogens is 3. The number of nitrogens with zero attached hydrogens (tertiary/aromatic N) is 3. The largest absolute Gasteiger partial charge is 0.352 e. The SMILES string of the molecule is Cc1nn(C)c(C)c1CNC(=O)CCn1ccc2ccc(Br)cc21. The van der Waals surface area contributed by atoms with Crippen molar-refractivity contribution in [2.75, 3.05) is 0 Å². The molecule has 6 heteroatoms. The summed E-state index contributed by atoms with van der Waals surface area (Å²) in [6, 6.07) is 8.25. The number of halogens is 1. The quantitative estimate of drug-likeness (QED) is 0.727. The Morgan fingerprint density at radius 3 is 2.79 bits per heavy atom. The summed E-state index contributed by atoms with van der Waals surface area (Å²) in [4.78, 5) is 12.2. The van der Waals surface area contributed by atoms with Crippen LogP contribution >= 0.6 is 15.9 Å². The van der Waals surface area contributed by atoms with Gasteiger partial charge in [0.05, 0.1) is 5.69 Å². The Morgan fingerprint density at radius 2 is 2.08 bits per heavy atom. The maximum atomic E-state index is 12.2. The third-order valence-electron chi connectivity index (χ3n) is 4.44. The average molecular weight is 389 g/mol. The summed E-state index contributed by atoms with van der Waals surface area (Å²) in [7, 11) is 1.92. The standard InChI is InChI=1S/C18H21BrN4O/c1-12-16(13(2)22(3)21-12)11-20-18(24)7-9-23-8-6-14-4-5-15(19)10-17(14)23/h4-6,8,10H,7,9,11H2,1-3H3,(H,20,24). The Balaban J connectivity index is 1.60. The van der Waals surface area contributed by atoms with Crippen molar-refractivity contribution >= 4 is 32.7 Å². The highest BCUT2D eigenvalue weighted by Gasteiger charge is 2.11. The van der Waals surface area contributed by atoms with Crippen LogP contribution in [-0.2, 0) is 24.9 Å². The summed E-state index contributed by atoms with van der Waals surface area (Å²) in [5.74, 6) is 0.0505. The van der Waals surface area contributed by atoms with Crippen LogP contribution in [-0.4, -0.2) is 20.3 Å². The van der Waals surface area contributed by atoms with E-state index in [1.165, 1.54) is 5.39 Å². The van der Waals surface area contributed by atoms with Gasteiger partial charge in [-0.15, -0.1) is 0 Å². The van der Waals surface area contributed by atoms with Gasteiger partial charge >= 0.3 is 0 Å². The van der Waals surface area contributed by atoms with Gasteiger partial charge in [0.25, 0.3) is 0 Å². The number of rotatable bonds is 5. The Labute approximate surface area is 149 Å². The topological polar surface area (TPSA) is 51.9 Å². The van der Waals surface area contributed by atoms with Crippen molar-refractivity contribution in [3.8, 4) is 0 Å². The molecule has 3 aromatic rings. The third-order valence-corrected chi connectivity index (χ3v) is 4.93. The Hall–Kier alpha value is -2.08. The summed E-state index contributed by atoms with van der Waals surface area (Å²) in [6.45, 7) is 5.18. The summed E-state index contributed by atoms with van der Waals surface area (Å²) in [6.07, 6.45) is 2.48. The molecule has 0 radical (unpaired) electrons. The molecule has 0 bridgehead atoms. The molecule has 1 amide bonds. The molecule has 3 rings (SSSR count).